The van der Waals surface area contributed by atoms with Crippen LogP contribution in [-0.4, -0.2) is 28.6 Å². The molecule has 1 amide bonds. The minimum atomic E-state index is -0.979. The van der Waals surface area contributed by atoms with Crippen LogP contribution in [0.15, 0.2) is 18.2 Å². The van der Waals surface area contributed by atoms with Gasteiger partial charge in [0.15, 0.2) is 0 Å². The van der Waals surface area contributed by atoms with Gasteiger partial charge in [0.25, 0.3) is 0 Å². The summed E-state index contributed by atoms with van der Waals surface area (Å²) < 4.78 is 0. The summed E-state index contributed by atoms with van der Waals surface area (Å²) in [5.74, 6) is -1.95. The average molecular weight is 277 g/mol. The third-order valence-electron chi connectivity index (χ3n) is 3.61. The second-order valence-electron chi connectivity index (χ2n) is 6.20. The number of benzene rings is 1. The summed E-state index contributed by atoms with van der Waals surface area (Å²) in [5.41, 5.74) is 1.26. The van der Waals surface area contributed by atoms with Crippen LogP contribution in [0.25, 0.3) is 0 Å². The van der Waals surface area contributed by atoms with Crippen molar-refractivity contribution in [1.29, 1.82) is 0 Å². The lowest BCUT2D eigenvalue weighted by Crippen LogP contribution is -2.26. The van der Waals surface area contributed by atoms with Crippen LogP contribution in [0.2, 0.25) is 0 Å². The number of carbonyl (C=O) groups excluding carboxylic acids is 1. The molecule has 1 saturated heterocycles. The zero-order valence-electron chi connectivity index (χ0n) is 11.9. The summed E-state index contributed by atoms with van der Waals surface area (Å²) in [5, 5.41) is 19.0. The van der Waals surface area contributed by atoms with E-state index in [2.05, 4.69) is 0 Å². The van der Waals surface area contributed by atoms with E-state index >= 15 is 0 Å². The standard InChI is InChI=1S/C15H19NO4/c1-15(2,3)10-4-5-12(17)11(7-10)16-8-9(14(19)20)6-13(16)18/h4-5,7,9,17H,6,8H2,1-3H3,(H,19,20). The molecule has 1 aromatic rings. The lowest BCUT2D eigenvalue weighted by Gasteiger charge is -2.23. The lowest BCUT2D eigenvalue weighted by molar-refractivity contribution is -0.141. The second-order valence-corrected chi connectivity index (χ2v) is 6.20. The minimum Gasteiger partial charge on any atom is -0.506 e. The van der Waals surface area contributed by atoms with E-state index in [-0.39, 0.29) is 30.0 Å². The van der Waals surface area contributed by atoms with E-state index in [1.54, 1.807) is 12.1 Å². The van der Waals surface area contributed by atoms with E-state index in [0.29, 0.717) is 5.69 Å². The number of aromatic hydroxyl groups is 1. The van der Waals surface area contributed by atoms with Crippen molar-refractivity contribution in [3.05, 3.63) is 23.8 Å². The molecule has 1 aliphatic heterocycles. The monoisotopic (exact) mass is 277 g/mol. The second kappa shape index (κ2) is 4.81. The van der Waals surface area contributed by atoms with Gasteiger partial charge in [0.2, 0.25) is 5.91 Å². The molecule has 1 aromatic carbocycles. The number of anilines is 1. The van der Waals surface area contributed by atoms with Crippen LogP contribution in [0.3, 0.4) is 0 Å². The number of hydrogen-bond donors (Lipinski definition) is 2. The maximum atomic E-state index is 12.0. The Bertz CT molecular complexity index is 559. The molecule has 0 aliphatic carbocycles. The van der Waals surface area contributed by atoms with Gasteiger partial charge in [-0.1, -0.05) is 26.8 Å². The number of hydrogen-bond acceptors (Lipinski definition) is 3. The molecular formula is C15H19NO4. The summed E-state index contributed by atoms with van der Waals surface area (Å²) >= 11 is 0. The molecule has 20 heavy (non-hydrogen) atoms. The summed E-state index contributed by atoms with van der Waals surface area (Å²) in [6.07, 6.45) is -0.0193. The summed E-state index contributed by atoms with van der Waals surface area (Å²) in [6, 6.07) is 5.13. The van der Waals surface area contributed by atoms with Crippen molar-refractivity contribution in [1.82, 2.24) is 0 Å². The van der Waals surface area contributed by atoms with E-state index < -0.39 is 11.9 Å². The quantitative estimate of drug-likeness (QED) is 0.868. The number of carboxylic acids is 1. The van der Waals surface area contributed by atoms with Crippen LogP contribution >= 0.6 is 0 Å². The maximum absolute atomic E-state index is 12.0. The summed E-state index contributed by atoms with van der Waals surface area (Å²) in [4.78, 5) is 24.3. The van der Waals surface area contributed by atoms with Crippen molar-refractivity contribution in [2.45, 2.75) is 32.6 Å². The largest absolute Gasteiger partial charge is 0.506 e. The van der Waals surface area contributed by atoms with E-state index in [4.69, 9.17) is 5.11 Å². The molecule has 1 unspecified atom stereocenters. The van der Waals surface area contributed by atoms with Crippen molar-refractivity contribution in [2.24, 2.45) is 5.92 Å². The van der Waals surface area contributed by atoms with Gasteiger partial charge in [0.1, 0.15) is 5.75 Å². The molecule has 5 heteroatoms. The zero-order chi connectivity index (χ0) is 15.1. The van der Waals surface area contributed by atoms with Crippen LogP contribution in [0.5, 0.6) is 5.75 Å². The molecule has 0 saturated carbocycles. The third-order valence-corrected chi connectivity index (χ3v) is 3.61. The molecule has 0 radical (unpaired) electrons. The number of carboxylic acid groups (broad SMARTS) is 1. The SMILES string of the molecule is CC(C)(C)c1ccc(O)c(N2CC(C(=O)O)CC2=O)c1. The number of phenolic OH excluding ortho intramolecular Hbond substituents is 1. The van der Waals surface area contributed by atoms with Crippen LogP contribution in [0, 0.1) is 5.92 Å². The predicted molar refractivity (Wildman–Crippen MR) is 74.9 cm³/mol. The van der Waals surface area contributed by atoms with E-state index in [1.807, 2.05) is 26.8 Å². The third kappa shape index (κ3) is 2.61. The molecule has 0 aromatic heterocycles. The van der Waals surface area contributed by atoms with Gasteiger partial charge in [-0.3, -0.25) is 9.59 Å². The van der Waals surface area contributed by atoms with Gasteiger partial charge in [-0.25, -0.2) is 0 Å². The van der Waals surface area contributed by atoms with E-state index in [9.17, 15) is 14.7 Å². The molecule has 1 atom stereocenters. The fourth-order valence-corrected chi connectivity index (χ4v) is 2.31. The normalized spacial score (nSPS) is 19.4. The van der Waals surface area contributed by atoms with Gasteiger partial charge >= 0.3 is 5.97 Å². The Kier molecular flexibility index (Phi) is 3.46. The average Bonchev–Trinajstić information content (AvgIpc) is 2.70. The molecule has 5 nitrogen and oxygen atoms in total. The number of carbonyl (C=O) groups is 2. The van der Waals surface area contributed by atoms with Crippen molar-refractivity contribution >= 4 is 17.6 Å². The van der Waals surface area contributed by atoms with Crippen molar-refractivity contribution in [3.63, 3.8) is 0 Å². The first kappa shape index (κ1) is 14.4. The number of nitrogens with zero attached hydrogens (tertiary/aromatic N) is 1. The fourth-order valence-electron chi connectivity index (χ4n) is 2.31. The molecule has 2 rings (SSSR count). The van der Waals surface area contributed by atoms with E-state index in [0.717, 1.165) is 5.56 Å². The Morgan fingerprint density at radius 3 is 2.50 bits per heavy atom. The molecule has 1 fully saturated rings. The Morgan fingerprint density at radius 2 is 2.00 bits per heavy atom. The molecule has 1 heterocycles. The summed E-state index contributed by atoms with van der Waals surface area (Å²) in [6.45, 7) is 6.22. The molecule has 0 bridgehead atoms. The Hall–Kier alpha value is -2.04. The molecule has 1 aliphatic rings. The Balaban J connectivity index is 2.38. The fraction of sp³-hybridized carbons (Fsp3) is 0.467. The van der Waals surface area contributed by atoms with Crippen molar-refractivity contribution < 1.29 is 19.8 Å². The molecule has 2 N–H and O–H groups in total. The summed E-state index contributed by atoms with van der Waals surface area (Å²) in [7, 11) is 0. The molecular weight excluding hydrogens is 258 g/mol. The Labute approximate surface area is 117 Å². The van der Waals surface area contributed by atoms with Crippen molar-refractivity contribution in [3.8, 4) is 5.75 Å². The Morgan fingerprint density at radius 1 is 1.35 bits per heavy atom. The highest BCUT2D eigenvalue weighted by Gasteiger charge is 2.36. The number of rotatable bonds is 2. The van der Waals surface area contributed by atoms with Gasteiger partial charge in [-0.15, -0.1) is 0 Å². The highest BCUT2D eigenvalue weighted by atomic mass is 16.4. The topological polar surface area (TPSA) is 77.8 Å². The van der Waals surface area contributed by atoms with Crippen LogP contribution in [0.4, 0.5) is 5.69 Å². The number of phenols is 1. The molecule has 0 spiro atoms. The highest BCUT2D eigenvalue weighted by molar-refractivity contribution is 6.00. The maximum Gasteiger partial charge on any atom is 0.308 e. The highest BCUT2D eigenvalue weighted by Crippen LogP contribution is 2.36. The first-order valence-electron chi connectivity index (χ1n) is 6.57. The minimum absolute atomic E-state index is 0.00242. The number of amides is 1. The van der Waals surface area contributed by atoms with Gasteiger partial charge in [0, 0.05) is 13.0 Å². The van der Waals surface area contributed by atoms with Crippen LogP contribution in [0.1, 0.15) is 32.8 Å². The first-order chi connectivity index (χ1) is 9.20. The number of aliphatic carboxylic acids is 1. The first-order valence-corrected chi connectivity index (χ1v) is 6.57. The van der Waals surface area contributed by atoms with Gasteiger partial charge < -0.3 is 15.1 Å². The van der Waals surface area contributed by atoms with Crippen LogP contribution in [-0.2, 0) is 15.0 Å². The van der Waals surface area contributed by atoms with E-state index in [1.165, 1.54) is 4.90 Å². The predicted octanol–water partition coefficient (Wildman–Crippen LogP) is 2.13. The van der Waals surface area contributed by atoms with Gasteiger partial charge in [0.05, 0.1) is 11.6 Å². The van der Waals surface area contributed by atoms with Gasteiger partial charge in [-0.05, 0) is 23.1 Å². The van der Waals surface area contributed by atoms with Crippen LogP contribution < -0.4 is 4.90 Å². The lowest BCUT2D eigenvalue weighted by atomic mass is 9.86. The van der Waals surface area contributed by atoms with Crippen molar-refractivity contribution in [2.75, 3.05) is 11.4 Å². The zero-order valence-corrected chi connectivity index (χ0v) is 11.9. The van der Waals surface area contributed by atoms with Gasteiger partial charge in [-0.2, -0.15) is 0 Å². The molecule has 108 valence electrons. The smallest absolute Gasteiger partial charge is 0.308 e.